The first-order valence-electron chi connectivity index (χ1n) is 4.43. The van der Waals surface area contributed by atoms with Crippen molar-refractivity contribution in [1.29, 1.82) is 0 Å². The molecule has 0 bridgehead atoms. The SMILES string of the molecule is CCC(COC)NCC(C)C. The molecule has 0 heterocycles. The van der Waals surface area contributed by atoms with Gasteiger partial charge < -0.3 is 10.1 Å². The van der Waals surface area contributed by atoms with E-state index in [-0.39, 0.29) is 0 Å². The minimum atomic E-state index is 0.530. The van der Waals surface area contributed by atoms with Crippen LogP contribution in [0, 0.1) is 5.92 Å². The van der Waals surface area contributed by atoms with Gasteiger partial charge in [-0.3, -0.25) is 0 Å². The van der Waals surface area contributed by atoms with E-state index in [1.54, 1.807) is 7.11 Å². The van der Waals surface area contributed by atoms with Crippen LogP contribution in [0.15, 0.2) is 0 Å². The van der Waals surface area contributed by atoms with Crippen LogP contribution in [0.5, 0.6) is 0 Å². The summed E-state index contributed by atoms with van der Waals surface area (Å²) < 4.78 is 5.06. The summed E-state index contributed by atoms with van der Waals surface area (Å²) >= 11 is 0. The van der Waals surface area contributed by atoms with E-state index >= 15 is 0 Å². The quantitative estimate of drug-likeness (QED) is 0.636. The minimum Gasteiger partial charge on any atom is -0.383 e. The summed E-state index contributed by atoms with van der Waals surface area (Å²) in [5, 5.41) is 3.44. The molecule has 0 aliphatic rings. The molecule has 0 aromatic heterocycles. The molecule has 0 aromatic rings. The molecule has 2 heteroatoms. The van der Waals surface area contributed by atoms with Crippen molar-refractivity contribution in [3.8, 4) is 0 Å². The maximum atomic E-state index is 5.06. The third-order valence-corrected chi connectivity index (χ3v) is 1.68. The van der Waals surface area contributed by atoms with Crippen LogP contribution in [0.3, 0.4) is 0 Å². The first-order chi connectivity index (χ1) is 5.20. The highest BCUT2D eigenvalue weighted by atomic mass is 16.5. The molecule has 0 amide bonds. The van der Waals surface area contributed by atoms with E-state index in [4.69, 9.17) is 4.74 Å². The number of hydrogen-bond donors (Lipinski definition) is 1. The molecule has 1 unspecified atom stereocenters. The van der Waals surface area contributed by atoms with Gasteiger partial charge in [0.2, 0.25) is 0 Å². The molecule has 0 fully saturated rings. The zero-order valence-electron chi connectivity index (χ0n) is 8.18. The van der Waals surface area contributed by atoms with Crippen molar-refractivity contribution in [3.05, 3.63) is 0 Å². The number of methoxy groups -OCH3 is 1. The van der Waals surface area contributed by atoms with Gasteiger partial charge >= 0.3 is 0 Å². The number of hydrogen-bond acceptors (Lipinski definition) is 2. The molecular weight excluding hydrogens is 138 g/mol. The van der Waals surface area contributed by atoms with Crippen molar-refractivity contribution < 1.29 is 4.74 Å². The van der Waals surface area contributed by atoms with Crippen LogP contribution in [0.25, 0.3) is 0 Å². The smallest absolute Gasteiger partial charge is 0.0615 e. The number of rotatable bonds is 6. The van der Waals surface area contributed by atoms with Gasteiger partial charge in [0.05, 0.1) is 6.61 Å². The van der Waals surface area contributed by atoms with Crippen molar-refractivity contribution in [2.24, 2.45) is 5.92 Å². The minimum absolute atomic E-state index is 0.530. The van der Waals surface area contributed by atoms with Crippen molar-refractivity contribution in [3.63, 3.8) is 0 Å². The van der Waals surface area contributed by atoms with Crippen LogP contribution in [-0.4, -0.2) is 26.3 Å². The van der Waals surface area contributed by atoms with Gasteiger partial charge in [0.1, 0.15) is 0 Å². The van der Waals surface area contributed by atoms with E-state index in [9.17, 15) is 0 Å². The third kappa shape index (κ3) is 6.32. The third-order valence-electron chi connectivity index (χ3n) is 1.68. The standard InChI is InChI=1S/C9H21NO/c1-5-9(7-11-4)10-6-8(2)3/h8-10H,5-7H2,1-4H3. The van der Waals surface area contributed by atoms with Gasteiger partial charge in [-0.05, 0) is 18.9 Å². The van der Waals surface area contributed by atoms with Crippen LogP contribution in [0.2, 0.25) is 0 Å². The maximum absolute atomic E-state index is 5.06. The summed E-state index contributed by atoms with van der Waals surface area (Å²) in [6.07, 6.45) is 1.14. The molecule has 0 saturated carbocycles. The molecule has 1 N–H and O–H groups in total. The average Bonchev–Trinajstić information content (AvgIpc) is 1.97. The summed E-state index contributed by atoms with van der Waals surface area (Å²) in [6.45, 7) is 8.52. The molecule has 0 saturated heterocycles. The fourth-order valence-corrected chi connectivity index (χ4v) is 0.925. The largest absolute Gasteiger partial charge is 0.383 e. The second-order valence-corrected chi connectivity index (χ2v) is 3.36. The Morgan fingerprint density at radius 1 is 1.36 bits per heavy atom. The van der Waals surface area contributed by atoms with Crippen LogP contribution < -0.4 is 5.32 Å². The zero-order chi connectivity index (χ0) is 8.69. The van der Waals surface area contributed by atoms with Gasteiger partial charge in [-0.1, -0.05) is 20.8 Å². The van der Waals surface area contributed by atoms with E-state index in [0.717, 1.165) is 25.5 Å². The Balaban J connectivity index is 3.35. The molecule has 0 aromatic carbocycles. The maximum Gasteiger partial charge on any atom is 0.0615 e. The van der Waals surface area contributed by atoms with Gasteiger partial charge in [-0.25, -0.2) is 0 Å². The molecule has 0 radical (unpaired) electrons. The first kappa shape index (κ1) is 10.9. The zero-order valence-corrected chi connectivity index (χ0v) is 8.18. The highest BCUT2D eigenvalue weighted by Crippen LogP contribution is 1.94. The van der Waals surface area contributed by atoms with E-state index in [0.29, 0.717) is 6.04 Å². The van der Waals surface area contributed by atoms with Crippen molar-refractivity contribution in [2.45, 2.75) is 33.2 Å². The van der Waals surface area contributed by atoms with E-state index < -0.39 is 0 Å². The first-order valence-corrected chi connectivity index (χ1v) is 4.43. The van der Waals surface area contributed by atoms with Crippen LogP contribution in [-0.2, 0) is 4.74 Å². The summed E-state index contributed by atoms with van der Waals surface area (Å²) in [5.74, 6) is 0.723. The average molecular weight is 159 g/mol. The van der Waals surface area contributed by atoms with Crippen molar-refractivity contribution >= 4 is 0 Å². The van der Waals surface area contributed by atoms with E-state index in [2.05, 4.69) is 26.1 Å². The molecule has 1 atom stereocenters. The lowest BCUT2D eigenvalue weighted by molar-refractivity contribution is 0.163. The summed E-state index contributed by atoms with van der Waals surface area (Å²) in [5.41, 5.74) is 0. The monoisotopic (exact) mass is 159 g/mol. The van der Waals surface area contributed by atoms with E-state index in [1.807, 2.05) is 0 Å². The highest BCUT2D eigenvalue weighted by molar-refractivity contribution is 4.64. The Labute approximate surface area is 70.3 Å². The van der Waals surface area contributed by atoms with Crippen LogP contribution in [0.4, 0.5) is 0 Å². The van der Waals surface area contributed by atoms with Gasteiger partial charge in [-0.2, -0.15) is 0 Å². The van der Waals surface area contributed by atoms with Crippen molar-refractivity contribution in [2.75, 3.05) is 20.3 Å². The molecule has 0 aliphatic heterocycles. The van der Waals surface area contributed by atoms with Crippen molar-refractivity contribution in [1.82, 2.24) is 5.32 Å². The van der Waals surface area contributed by atoms with Gasteiger partial charge in [0.15, 0.2) is 0 Å². The number of nitrogens with one attached hydrogen (secondary N) is 1. The molecule has 0 rings (SSSR count). The van der Waals surface area contributed by atoms with Gasteiger partial charge in [-0.15, -0.1) is 0 Å². The predicted molar refractivity (Wildman–Crippen MR) is 48.8 cm³/mol. The Bertz CT molecular complexity index is 83.6. The molecule has 0 spiro atoms. The van der Waals surface area contributed by atoms with Crippen LogP contribution >= 0.6 is 0 Å². The second kappa shape index (κ2) is 6.62. The fraction of sp³-hybridized carbons (Fsp3) is 1.00. The van der Waals surface area contributed by atoms with Crippen LogP contribution in [0.1, 0.15) is 27.2 Å². The summed E-state index contributed by atoms with van der Waals surface area (Å²) in [4.78, 5) is 0. The fourth-order valence-electron chi connectivity index (χ4n) is 0.925. The lowest BCUT2D eigenvalue weighted by atomic mass is 10.2. The lowest BCUT2D eigenvalue weighted by Crippen LogP contribution is -2.35. The predicted octanol–water partition coefficient (Wildman–Crippen LogP) is 1.66. The Morgan fingerprint density at radius 2 is 2.00 bits per heavy atom. The van der Waals surface area contributed by atoms with Gasteiger partial charge in [0, 0.05) is 13.2 Å². The molecule has 2 nitrogen and oxygen atoms in total. The molecule has 68 valence electrons. The molecular formula is C9H21NO. The normalized spacial score (nSPS) is 13.9. The second-order valence-electron chi connectivity index (χ2n) is 3.36. The Hall–Kier alpha value is -0.0800. The molecule has 0 aliphatic carbocycles. The lowest BCUT2D eigenvalue weighted by Gasteiger charge is -2.17. The van der Waals surface area contributed by atoms with Gasteiger partial charge in [0.25, 0.3) is 0 Å². The topological polar surface area (TPSA) is 21.3 Å². The highest BCUT2D eigenvalue weighted by Gasteiger charge is 2.04. The Kier molecular flexibility index (Phi) is 6.57. The Morgan fingerprint density at radius 3 is 2.36 bits per heavy atom. The summed E-state index contributed by atoms with van der Waals surface area (Å²) in [6, 6.07) is 0.530. The molecule has 11 heavy (non-hydrogen) atoms. The van der Waals surface area contributed by atoms with E-state index in [1.165, 1.54) is 0 Å². The summed E-state index contributed by atoms with van der Waals surface area (Å²) in [7, 11) is 1.75. The number of ether oxygens (including phenoxy) is 1.